The minimum atomic E-state index is -0.348. The minimum absolute atomic E-state index is 0.0861. The van der Waals surface area contributed by atoms with E-state index in [1.54, 1.807) is 17.0 Å². The van der Waals surface area contributed by atoms with Crippen molar-refractivity contribution in [3.63, 3.8) is 0 Å². The van der Waals surface area contributed by atoms with Gasteiger partial charge in [0.15, 0.2) is 0 Å². The Morgan fingerprint density at radius 1 is 1.47 bits per heavy atom. The van der Waals surface area contributed by atoms with Crippen molar-refractivity contribution in [2.45, 2.75) is 12.8 Å². The van der Waals surface area contributed by atoms with Gasteiger partial charge in [0, 0.05) is 13.1 Å². The van der Waals surface area contributed by atoms with Crippen LogP contribution in [0.15, 0.2) is 24.3 Å². The summed E-state index contributed by atoms with van der Waals surface area (Å²) in [6.45, 7) is 0.939. The van der Waals surface area contributed by atoms with Crippen LogP contribution in [0, 0.1) is 11.7 Å². The van der Waals surface area contributed by atoms with E-state index >= 15 is 0 Å². The van der Waals surface area contributed by atoms with Gasteiger partial charge in [0.1, 0.15) is 5.82 Å². The number of ether oxygens (including phenoxy) is 1. The number of esters is 1. The number of benzene rings is 1. The van der Waals surface area contributed by atoms with E-state index in [0.717, 1.165) is 0 Å². The highest BCUT2D eigenvalue weighted by Gasteiger charge is 2.31. The lowest BCUT2D eigenvalue weighted by atomic mass is 10.1. The number of carbonyl (C=O) groups excluding carboxylic acids is 2. The Balaban J connectivity index is 1.93. The first-order valence-corrected chi connectivity index (χ1v) is 6.20. The molecule has 0 radical (unpaired) electrons. The first kappa shape index (κ1) is 13.5. The SMILES string of the molecule is COC(=O)C1CCN(C(=O)Cc2cccc(F)c2)C1. The average molecular weight is 265 g/mol. The third-order valence-corrected chi connectivity index (χ3v) is 3.32. The van der Waals surface area contributed by atoms with E-state index in [9.17, 15) is 14.0 Å². The van der Waals surface area contributed by atoms with Crippen LogP contribution in [0.3, 0.4) is 0 Å². The van der Waals surface area contributed by atoms with Gasteiger partial charge in [0.25, 0.3) is 0 Å². The number of amides is 1. The van der Waals surface area contributed by atoms with Crippen LogP contribution in [0.4, 0.5) is 4.39 Å². The molecule has 4 nitrogen and oxygen atoms in total. The molecule has 1 heterocycles. The molecule has 1 atom stereocenters. The fourth-order valence-electron chi connectivity index (χ4n) is 2.28. The number of carbonyl (C=O) groups is 2. The lowest BCUT2D eigenvalue weighted by Gasteiger charge is -2.16. The zero-order valence-corrected chi connectivity index (χ0v) is 10.8. The molecule has 0 aliphatic carbocycles. The summed E-state index contributed by atoms with van der Waals surface area (Å²) in [6.07, 6.45) is 0.785. The third-order valence-electron chi connectivity index (χ3n) is 3.32. The van der Waals surface area contributed by atoms with Gasteiger partial charge in [-0.1, -0.05) is 12.1 Å². The van der Waals surface area contributed by atoms with E-state index in [-0.39, 0.29) is 30.0 Å². The highest BCUT2D eigenvalue weighted by atomic mass is 19.1. The zero-order valence-electron chi connectivity index (χ0n) is 10.8. The smallest absolute Gasteiger partial charge is 0.310 e. The topological polar surface area (TPSA) is 46.6 Å². The van der Waals surface area contributed by atoms with Crippen LogP contribution in [-0.4, -0.2) is 37.0 Å². The Labute approximate surface area is 111 Å². The summed E-state index contributed by atoms with van der Waals surface area (Å²) in [4.78, 5) is 25.0. The van der Waals surface area contributed by atoms with Gasteiger partial charge in [0.2, 0.25) is 5.91 Å². The maximum atomic E-state index is 13.0. The second-order valence-electron chi connectivity index (χ2n) is 4.66. The molecule has 0 bridgehead atoms. The minimum Gasteiger partial charge on any atom is -0.469 e. The fourth-order valence-corrected chi connectivity index (χ4v) is 2.28. The third kappa shape index (κ3) is 3.30. The van der Waals surface area contributed by atoms with Crippen molar-refractivity contribution in [2.75, 3.05) is 20.2 Å². The average Bonchev–Trinajstić information content (AvgIpc) is 2.87. The molecule has 102 valence electrons. The van der Waals surface area contributed by atoms with E-state index in [1.807, 2.05) is 0 Å². The number of hydrogen-bond donors (Lipinski definition) is 0. The van der Waals surface area contributed by atoms with Crippen molar-refractivity contribution in [3.05, 3.63) is 35.6 Å². The monoisotopic (exact) mass is 265 g/mol. The molecule has 1 aromatic rings. The van der Waals surface area contributed by atoms with E-state index in [1.165, 1.54) is 19.2 Å². The summed E-state index contributed by atoms with van der Waals surface area (Å²) in [5, 5.41) is 0. The predicted molar refractivity (Wildman–Crippen MR) is 66.8 cm³/mol. The van der Waals surface area contributed by atoms with E-state index in [4.69, 9.17) is 0 Å². The molecular weight excluding hydrogens is 249 g/mol. The Hall–Kier alpha value is -1.91. The number of likely N-dealkylation sites (tertiary alicyclic amines) is 1. The van der Waals surface area contributed by atoms with Crippen molar-refractivity contribution < 1.29 is 18.7 Å². The maximum Gasteiger partial charge on any atom is 0.310 e. The van der Waals surface area contributed by atoms with Crippen molar-refractivity contribution in [3.8, 4) is 0 Å². The standard InChI is InChI=1S/C14H16FNO3/c1-19-14(18)11-5-6-16(9-11)13(17)8-10-3-2-4-12(15)7-10/h2-4,7,11H,5-6,8-9H2,1H3. The van der Waals surface area contributed by atoms with Crippen LogP contribution in [0.5, 0.6) is 0 Å². The summed E-state index contributed by atoms with van der Waals surface area (Å²) in [5.41, 5.74) is 0.645. The summed E-state index contributed by atoms with van der Waals surface area (Å²) in [5.74, 6) is -0.946. The van der Waals surface area contributed by atoms with Crippen molar-refractivity contribution in [1.82, 2.24) is 4.90 Å². The number of rotatable bonds is 3. The van der Waals surface area contributed by atoms with Gasteiger partial charge in [-0.25, -0.2) is 4.39 Å². The van der Waals surface area contributed by atoms with Gasteiger partial charge in [-0.2, -0.15) is 0 Å². The molecule has 1 aromatic carbocycles. The van der Waals surface area contributed by atoms with Gasteiger partial charge in [0.05, 0.1) is 19.4 Å². The molecule has 0 spiro atoms. The molecule has 0 saturated carbocycles. The lowest BCUT2D eigenvalue weighted by molar-refractivity contribution is -0.145. The summed E-state index contributed by atoms with van der Waals surface area (Å²) >= 11 is 0. The second-order valence-corrected chi connectivity index (χ2v) is 4.66. The van der Waals surface area contributed by atoms with E-state index < -0.39 is 0 Å². The molecule has 1 aliphatic rings. The number of halogens is 1. The molecule has 0 N–H and O–H groups in total. The Bertz CT molecular complexity index is 489. The normalized spacial score (nSPS) is 18.4. The predicted octanol–water partition coefficient (Wildman–Crippen LogP) is 1.39. The Morgan fingerprint density at radius 2 is 2.26 bits per heavy atom. The molecule has 1 saturated heterocycles. The summed E-state index contributed by atoms with van der Waals surface area (Å²) < 4.78 is 17.7. The first-order chi connectivity index (χ1) is 9.10. The van der Waals surface area contributed by atoms with Crippen LogP contribution in [0.25, 0.3) is 0 Å². The number of nitrogens with zero attached hydrogens (tertiary/aromatic N) is 1. The molecular formula is C14H16FNO3. The Morgan fingerprint density at radius 3 is 2.95 bits per heavy atom. The van der Waals surface area contributed by atoms with Crippen molar-refractivity contribution in [2.24, 2.45) is 5.92 Å². The molecule has 19 heavy (non-hydrogen) atoms. The van der Waals surface area contributed by atoms with Gasteiger partial charge >= 0.3 is 5.97 Å². The summed E-state index contributed by atoms with van der Waals surface area (Å²) in [6, 6.07) is 6.00. The number of hydrogen-bond acceptors (Lipinski definition) is 3. The van der Waals surface area contributed by atoms with Gasteiger partial charge in [-0.3, -0.25) is 9.59 Å². The van der Waals surface area contributed by atoms with Crippen LogP contribution >= 0.6 is 0 Å². The van der Waals surface area contributed by atoms with Crippen LogP contribution in [0.2, 0.25) is 0 Å². The highest BCUT2D eigenvalue weighted by Crippen LogP contribution is 2.18. The van der Waals surface area contributed by atoms with Crippen LogP contribution < -0.4 is 0 Å². The molecule has 1 fully saturated rings. The van der Waals surface area contributed by atoms with E-state index in [0.29, 0.717) is 25.1 Å². The fraction of sp³-hybridized carbons (Fsp3) is 0.429. The summed E-state index contributed by atoms with van der Waals surface area (Å²) in [7, 11) is 1.35. The second kappa shape index (κ2) is 5.82. The Kier molecular flexibility index (Phi) is 4.14. The van der Waals surface area contributed by atoms with Crippen LogP contribution in [-0.2, 0) is 20.7 Å². The van der Waals surface area contributed by atoms with Gasteiger partial charge in [-0.05, 0) is 24.1 Å². The molecule has 5 heteroatoms. The molecule has 2 rings (SSSR count). The van der Waals surface area contributed by atoms with Gasteiger partial charge < -0.3 is 9.64 Å². The zero-order chi connectivity index (χ0) is 13.8. The largest absolute Gasteiger partial charge is 0.469 e. The molecule has 1 unspecified atom stereocenters. The van der Waals surface area contributed by atoms with E-state index in [2.05, 4.69) is 4.74 Å². The molecule has 1 amide bonds. The highest BCUT2D eigenvalue weighted by molar-refractivity contribution is 5.81. The molecule has 1 aliphatic heterocycles. The maximum absolute atomic E-state index is 13.0. The van der Waals surface area contributed by atoms with Crippen molar-refractivity contribution in [1.29, 1.82) is 0 Å². The first-order valence-electron chi connectivity index (χ1n) is 6.20. The quantitative estimate of drug-likeness (QED) is 0.776. The van der Waals surface area contributed by atoms with Gasteiger partial charge in [-0.15, -0.1) is 0 Å². The van der Waals surface area contributed by atoms with Crippen molar-refractivity contribution >= 4 is 11.9 Å². The van der Waals surface area contributed by atoms with Crippen LogP contribution in [0.1, 0.15) is 12.0 Å². The molecule has 0 aromatic heterocycles. The lowest BCUT2D eigenvalue weighted by Crippen LogP contribution is -2.31. The number of methoxy groups -OCH3 is 1.